The molecule has 0 bridgehead atoms. The summed E-state index contributed by atoms with van der Waals surface area (Å²) in [7, 11) is 1.89. The molecule has 0 amide bonds. The first kappa shape index (κ1) is 11.4. The quantitative estimate of drug-likeness (QED) is 0.827. The van der Waals surface area contributed by atoms with Gasteiger partial charge in [-0.2, -0.15) is 0 Å². The second-order valence-corrected chi connectivity index (χ2v) is 4.50. The first-order valence-corrected chi connectivity index (χ1v) is 5.63. The fraction of sp³-hybridized carbons (Fsp3) is 0.273. The van der Waals surface area contributed by atoms with Crippen LogP contribution in [0.1, 0.15) is 5.56 Å². The Bertz CT molecular complexity index is 416. The van der Waals surface area contributed by atoms with E-state index in [4.69, 9.17) is 23.2 Å². The largest absolute Gasteiger partial charge is 0.508 e. The van der Waals surface area contributed by atoms with Crippen molar-refractivity contribution >= 4 is 23.2 Å². The Morgan fingerprint density at radius 1 is 1.19 bits per heavy atom. The van der Waals surface area contributed by atoms with Crippen LogP contribution < -0.4 is 0 Å². The third-order valence-electron chi connectivity index (χ3n) is 2.48. The van der Waals surface area contributed by atoms with Gasteiger partial charge in [-0.15, -0.1) is 0 Å². The van der Waals surface area contributed by atoms with Crippen LogP contribution in [0, 0.1) is 0 Å². The SMILES string of the molecule is CN1CN(Cc2ccc(O)cc2)C(Cl)=C1Cl. The van der Waals surface area contributed by atoms with Crippen molar-refractivity contribution in [3.8, 4) is 5.75 Å². The van der Waals surface area contributed by atoms with Gasteiger partial charge in [-0.3, -0.25) is 0 Å². The van der Waals surface area contributed by atoms with E-state index in [1.165, 1.54) is 0 Å². The number of aromatic hydroxyl groups is 1. The van der Waals surface area contributed by atoms with Crippen LogP contribution in [-0.4, -0.2) is 28.6 Å². The molecule has 1 N–H and O–H groups in total. The summed E-state index contributed by atoms with van der Waals surface area (Å²) in [5.41, 5.74) is 1.08. The zero-order valence-electron chi connectivity index (χ0n) is 8.82. The Hall–Kier alpha value is -1.06. The molecule has 0 saturated carbocycles. The third kappa shape index (κ3) is 2.20. The molecule has 1 aliphatic rings. The molecule has 86 valence electrons. The molecule has 0 spiro atoms. The number of phenols is 1. The fourth-order valence-corrected chi connectivity index (χ4v) is 2.04. The lowest BCUT2D eigenvalue weighted by molar-refractivity contribution is 0.283. The Kier molecular flexibility index (Phi) is 3.17. The Labute approximate surface area is 104 Å². The van der Waals surface area contributed by atoms with E-state index < -0.39 is 0 Å². The normalized spacial score (nSPS) is 16.2. The minimum Gasteiger partial charge on any atom is -0.508 e. The molecule has 1 heterocycles. The molecule has 5 heteroatoms. The summed E-state index contributed by atoms with van der Waals surface area (Å²) < 4.78 is 0. The molecular weight excluding hydrogens is 247 g/mol. The number of benzene rings is 1. The van der Waals surface area contributed by atoms with E-state index in [-0.39, 0.29) is 5.75 Å². The maximum absolute atomic E-state index is 9.18. The van der Waals surface area contributed by atoms with Crippen molar-refractivity contribution in [1.82, 2.24) is 9.80 Å². The molecule has 0 atom stereocenters. The second-order valence-electron chi connectivity index (χ2n) is 3.79. The number of nitrogens with zero attached hydrogens (tertiary/aromatic N) is 2. The van der Waals surface area contributed by atoms with Gasteiger partial charge in [0.15, 0.2) is 0 Å². The molecule has 0 fully saturated rings. The first-order chi connectivity index (χ1) is 7.58. The lowest BCUT2D eigenvalue weighted by Gasteiger charge is -2.19. The smallest absolute Gasteiger partial charge is 0.142 e. The van der Waals surface area contributed by atoms with Crippen molar-refractivity contribution in [3.05, 3.63) is 40.1 Å². The average molecular weight is 259 g/mol. The summed E-state index contributed by atoms with van der Waals surface area (Å²) in [5.74, 6) is 0.266. The molecule has 1 aromatic carbocycles. The van der Waals surface area contributed by atoms with Gasteiger partial charge in [0, 0.05) is 13.6 Å². The maximum Gasteiger partial charge on any atom is 0.142 e. The van der Waals surface area contributed by atoms with Gasteiger partial charge in [0.25, 0.3) is 0 Å². The number of halogens is 2. The molecule has 0 unspecified atom stereocenters. The number of hydrogen-bond acceptors (Lipinski definition) is 3. The van der Waals surface area contributed by atoms with E-state index in [1.54, 1.807) is 12.1 Å². The highest BCUT2D eigenvalue weighted by Crippen LogP contribution is 2.29. The Morgan fingerprint density at radius 2 is 1.81 bits per heavy atom. The van der Waals surface area contributed by atoms with Crippen molar-refractivity contribution < 1.29 is 5.11 Å². The van der Waals surface area contributed by atoms with Gasteiger partial charge in [-0.05, 0) is 17.7 Å². The number of phenolic OH excluding ortho intramolecular Hbond substituents is 1. The van der Waals surface area contributed by atoms with Crippen LogP contribution in [0.3, 0.4) is 0 Å². The first-order valence-electron chi connectivity index (χ1n) is 4.87. The van der Waals surface area contributed by atoms with E-state index in [0.717, 1.165) is 5.56 Å². The number of hydrogen-bond donors (Lipinski definition) is 1. The summed E-state index contributed by atoms with van der Waals surface area (Å²) in [5, 5.41) is 10.3. The van der Waals surface area contributed by atoms with Gasteiger partial charge in [-0.25, -0.2) is 0 Å². The lowest BCUT2D eigenvalue weighted by Crippen LogP contribution is -2.23. The third-order valence-corrected chi connectivity index (χ3v) is 3.46. The van der Waals surface area contributed by atoms with E-state index >= 15 is 0 Å². The standard InChI is InChI=1S/C11H12Cl2N2O/c1-14-7-15(11(13)10(14)12)6-8-2-4-9(16)5-3-8/h2-5,16H,6-7H2,1H3. The monoisotopic (exact) mass is 258 g/mol. The van der Waals surface area contributed by atoms with E-state index in [0.29, 0.717) is 23.5 Å². The molecular formula is C11H12Cl2N2O. The Balaban J connectivity index is 2.09. The lowest BCUT2D eigenvalue weighted by atomic mass is 10.2. The van der Waals surface area contributed by atoms with Crippen LogP contribution in [0.4, 0.5) is 0 Å². The van der Waals surface area contributed by atoms with E-state index in [2.05, 4.69) is 0 Å². The summed E-state index contributed by atoms with van der Waals surface area (Å²) in [6.45, 7) is 1.36. The van der Waals surface area contributed by atoms with Gasteiger partial charge >= 0.3 is 0 Å². The molecule has 16 heavy (non-hydrogen) atoms. The topological polar surface area (TPSA) is 26.7 Å². The van der Waals surface area contributed by atoms with Gasteiger partial charge in [0.05, 0.1) is 6.67 Å². The predicted octanol–water partition coefficient (Wildman–Crippen LogP) is 2.70. The molecule has 0 aliphatic carbocycles. The van der Waals surface area contributed by atoms with Crippen molar-refractivity contribution in [2.45, 2.75) is 6.54 Å². The summed E-state index contributed by atoms with van der Waals surface area (Å²) in [6.07, 6.45) is 0. The zero-order chi connectivity index (χ0) is 11.7. The number of rotatable bonds is 2. The average Bonchev–Trinajstić information content (AvgIpc) is 2.50. The van der Waals surface area contributed by atoms with Crippen molar-refractivity contribution in [1.29, 1.82) is 0 Å². The minimum absolute atomic E-state index is 0.266. The molecule has 0 radical (unpaired) electrons. The highest BCUT2D eigenvalue weighted by Gasteiger charge is 2.23. The minimum atomic E-state index is 0.266. The molecule has 0 aromatic heterocycles. The van der Waals surface area contributed by atoms with Crippen LogP contribution in [0.2, 0.25) is 0 Å². The van der Waals surface area contributed by atoms with E-state index in [1.807, 2.05) is 29.0 Å². The van der Waals surface area contributed by atoms with Gasteiger partial charge in [-0.1, -0.05) is 35.3 Å². The van der Waals surface area contributed by atoms with Crippen molar-refractivity contribution in [2.24, 2.45) is 0 Å². The van der Waals surface area contributed by atoms with Crippen LogP contribution in [0.15, 0.2) is 34.6 Å². The molecule has 0 saturated heterocycles. The highest BCUT2D eigenvalue weighted by molar-refractivity contribution is 6.38. The molecule has 2 rings (SSSR count). The van der Waals surface area contributed by atoms with Gasteiger partial charge < -0.3 is 14.9 Å². The Morgan fingerprint density at radius 3 is 2.31 bits per heavy atom. The predicted molar refractivity (Wildman–Crippen MR) is 65.0 cm³/mol. The molecule has 1 aromatic rings. The highest BCUT2D eigenvalue weighted by atomic mass is 35.5. The van der Waals surface area contributed by atoms with Crippen LogP contribution in [0.25, 0.3) is 0 Å². The van der Waals surface area contributed by atoms with Gasteiger partial charge in [0.1, 0.15) is 16.1 Å². The van der Waals surface area contributed by atoms with Crippen molar-refractivity contribution in [2.75, 3.05) is 13.7 Å². The van der Waals surface area contributed by atoms with Crippen LogP contribution in [0.5, 0.6) is 5.75 Å². The molecule has 1 aliphatic heterocycles. The maximum atomic E-state index is 9.18. The second kappa shape index (κ2) is 4.44. The fourth-order valence-electron chi connectivity index (χ4n) is 1.61. The summed E-state index contributed by atoms with van der Waals surface area (Å²) in [6, 6.07) is 7.06. The van der Waals surface area contributed by atoms with Crippen molar-refractivity contribution in [3.63, 3.8) is 0 Å². The van der Waals surface area contributed by atoms with Gasteiger partial charge in [0.2, 0.25) is 0 Å². The summed E-state index contributed by atoms with van der Waals surface area (Å²) >= 11 is 12.1. The summed E-state index contributed by atoms with van der Waals surface area (Å²) in [4.78, 5) is 3.85. The molecule has 3 nitrogen and oxygen atoms in total. The zero-order valence-corrected chi connectivity index (χ0v) is 10.3. The van der Waals surface area contributed by atoms with Crippen LogP contribution >= 0.6 is 23.2 Å². The van der Waals surface area contributed by atoms with E-state index in [9.17, 15) is 5.11 Å². The van der Waals surface area contributed by atoms with Crippen LogP contribution in [-0.2, 0) is 6.54 Å².